The zero-order valence-electron chi connectivity index (χ0n) is 9.83. The fourth-order valence-electron chi connectivity index (χ4n) is 1.56. The standard InChI is InChI=1S/C12H15N3O2/c1-3-7(2)11(16)13-8-4-5-9-10(6-8)15-12(17)14-9/h4-7H,3H2,1-2H3,(H,13,16)(H2,14,15,17)/t7-/m0/s1. The van der Waals surface area contributed by atoms with E-state index in [0.717, 1.165) is 11.9 Å². The molecule has 90 valence electrons. The van der Waals surface area contributed by atoms with Crippen molar-refractivity contribution in [2.75, 3.05) is 5.32 Å². The summed E-state index contributed by atoms with van der Waals surface area (Å²) in [5, 5.41) is 2.82. The number of hydrogen-bond acceptors (Lipinski definition) is 2. The molecule has 0 unspecified atom stereocenters. The van der Waals surface area contributed by atoms with Crippen LogP contribution in [0.3, 0.4) is 0 Å². The smallest absolute Gasteiger partial charge is 0.323 e. The third-order valence-corrected chi connectivity index (χ3v) is 2.84. The monoisotopic (exact) mass is 233 g/mol. The van der Waals surface area contributed by atoms with Gasteiger partial charge in [0.05, 0.1) is 11.0 Å². The van der Waals surface area contributed by atoms with Crippen molar-refractivity contribution in [2.24, 2.45) is 5.92 Å². The second-order valence-corrected chi connectivity index (χ2v) is 4.14. The zero-order chi connectivity index (χ0) is 12.4. The average molecular weight is 233 g/mol. The van der Waals surface area contributed by atoms with Gasteiger partial charge in [-0.25, -0.2) is 4.79 Å². The molecule has 0 aliphatic rings. The van der Waals surface area contributed by atoms with Crippen molar-refractivity contribution in [3.05, 3.63) is 28.7 Å². The molecule has 1 aromatic heterocycles. The van der Waals surface area contributed by atoms with Gasteiger partial charge in [-0.1, -0.05) is 13.8 Å². The van der Waals surface area contributed by atoms with Gasteiger partial charge in [0.2, 0.25) is 5.91 Å². The molecule has 0 aliphatic carbocycles. The van der Waals surface area contributed by atoms with Crippen molar-refractivity contribution in [3.63, 3.8) is 0 Å². The van der Waals surface area contributed by atoms with Crippen LogP contribution in [0.15, 0.2) is 23.0 Å². The summed E-state index contributed by atoms with van der Waals surface area (Å²) in [4.78, 5) is 28.1. The summed E-state index contributed by atoms with van der Waals surface area (Å²) in [7, 11) is 0. The highest BCUT2D eigenvalue weighted by atomic mass is 16.2. The Kier molecular flexibility index (Phi) is 2.99. The predicted octanol–water partition coefficient (Wildman–Crippen LogP) is 1.84. The Morgan fingerprint density at radius 3 is 2.76 bits per heavy atom. The van der Waals surface area contributed by atoms with E-state index in [1.807, 2.05) is 13.8 Å². The third-order valence-electron chi connectivity index (χ3n) is 2.84. The number of benzene rings is 1. The number of H-pyrrole nitrogens is 2. The Hall–Kier alpha value is -2.04. The quantitative estimate of drug-likeness (QED) is 0.756. The number of aromatic nitrogens is 2. The minimum absolute atomic E-state index is 0.00951. The summed E-state index contributed by atoms with van der Waals surface area (Å²) in [6.07, 6.45) is 0.801. The van der Waals surface area contributed by atoms with E-state index in [1.165, 1.54) is 0 Å². The zero-order valence-corrected chi connectivity index (χ0v) is 9.83. The third kappa shape index (κ3) is 2.38. The Morgan fingerprint density at radius 2 is 2.06 bits per heavy atom. The molecular weight excluding hydrogens is 218 g/mol. The number of anilines is 1. The van der Waals surface area contributed by atoms with Crippen LogP contribution in [0, 0.1) is 5.92 Å². The van der Waals surface area contributed by atoms with Crippen LogP contribution >= 0.6 is 0 Å². The number of carbonyl (C=O) groups is 1. The van der Waals surface area contributed by atoms with Gasteiger partial charge in [0.15, 0.2) is 0 Å². The molecule has 0 radical (unpaired) electrons. The van der Waals surface area contributed by atoms with Gasteiger partial charge >= 0.3 is 5.69 Å². The van der Waals surface area contributed by atoms with Gasteiger partial charge in [0, 0.05) is 11.6 Å². The molecule has 2 rings (SSSR count). The van der Waals surface area contributed by atoms with E-state index in [-0.39, 0.29) is 17.5 Å². The van der Waals surface area contributed by atoms with Crippen molar-refractivity contribution in [1.82, 2.24) is 9.97 Å². The van der Waals surface area contributed by atoms with E-state index in [9.17, 15) is 9.59 Å². The lowest BCUT2D eigenvalue weighted by Crippen LogP contribution is -2.19. The van der Waals surface area contributed by atoms with E-state index in [4.69, 9.17) is 0 Å². The number of hydrogen-bond donors (Lipinski definition) is 3. The molecule has 0 bridgehead atoms. The topological polar surface area (TPSA) is 77.8 Å². The molecule has 1 atom stereocenters. The van der Waals surface area contributed by atoms with Gasteiger partial charge < -0.3 is 15.3 Å². The lowest BCUT2D eigenvalue weighted by Gasteiger charge is -2.09. The first-order chi connectivity index (χ1) is 8.10. The Balaban J connectivity index is 2.24. The number of imidazole rings is 1. The molecule has 2 aromatic rings. The molecule has 1 heterocycles. The van der Waals surface area contributed by atoms with Gasteiger partial charge in [-0.3, -0.25) is 4.79 Å². The molecule has 3 N–H and O–H groups in total. The Morgan fingerprint density at radius 1 is 1.35 bits per heavy atom. The fraction of sp³-hybridized carbons (Fsp3) is 0.333. The number of amides is 1. The van der Waals surface area contributed by atoms with E-state index in [2.05, 4.69) is 15.3 Å². The molecule has 17 heavy (non-hydrogen) atoms. The fourth-order valence-corrected chi connectivity index (χ4v) is 1.56. The van der Waals surface area contributed by atoms with Crippen molar-refractivity contribution in [3.8, 4) is 0 Å². The number of carbonyl (C=O) groups excluding carboxylic acids is 1. The SMILES string of the molecule is CC[C@H](C)C(=O)Nc1ccc2[nH]c(=O)[nH]c2c1. The maximum atomic E-state index is 11.7. The lowest BCUT2D eigenvalue weighted by molar-refractivity contribution is -0.119. The summed E-state index contributed by atoms with van der Waals surface area (Å²) in [6.45, 7) is 3.85. The highest BCUT2D eigenvalue weighted by Crippen LogP contribution is 2.15. The predicted molar refractivity (Wildman–Crippen MR) is 67.0 cm³/mol. The normalized spacial score (nSPS) is 12.6. The van der Waals surface area contributed by atoms with Crippen LogP contribution in [0.4, 0.5) is 5.69 Å². The average Bonchev–Trinajstić information content (AvgIpc) is 2.67. The minimum Gasteiger partial charge on any atom is -0.326 e. The second-order valence-electron chi connectivity index (χ2n) is 4.14. The molecule has 5 heteroatoms. The van der Waals surface area contributed by atoms with E-state index in [1.54, 1.807) is 18.2 Å². The molecule has 0 aliphatic heterocycles. The van der Waals surface area contributed by atoms with Crippen molar-refractivity contribution >= 4 is 22.6 Å². The first kappa shape index (κ1) is 11.4. The lowest BCUT2D eigenvalue weighted by atomic mass is 10.1. The van der Waals surface area contributed by atoms with Gasteiger partial charge in [-0.05, 0) is 24.6 Å². The molecule has 0 spiro atoms. The van der Waals surface area contributed by atoms with Gasteiger partial charge in [0.1, 0.15) is 0 Å². The van der Waals surface area contributed by atoms with E-state index >= 15 is 0 Å². The van der Waals surface area contributed by atoms with E-state index < -0.39 is 0 Å². The maximum Gasteiger partial charge on any atom is 0.323 e. The summed E-state index contributed by atoms with van der Waals surface area (Å²) >= 11 is 0. The number of aromatic amines is 2. The summed E-state index contributed by atoms with van der Waals surface area (Å²) in [5.74, 6) is -0.0271. The van der Waals surface area contributed by atoms with Crippen LogP contribution < -0.4 is 11.0 Å². The van der Waals surface area contributed by atoms with Crippen LogP contribution in [0.5, 0.6) is 0 Å². The molecule has 0 fully saturated rings. The second kappa shape index (κ2) is 4.45. The van der Waals surface area contributed by atoms with Gasteiger partial charge in [0.25, 0.3) is 0 Å². The van der Waals surface area contributed by atoms with Crippen LogP contribution in [0.1, 0.15) is 20.3 Å². The number of rotatable bonds is 3. The highest BCUT2D eigenvalue weighted by Gasteiger charge is 2.10. The minimum atomic E-state index is -0.245. The molecule has 5 nitrogen and oxygen atoms in total. The van der Waals surface area contributed by atoms with Crippen molar-refractivity contribution < 1.29 is 4.79 Å². The first-order valence-electron chi connectivity index (χ1n) is 5.63. The number of nitrogens with one attached hydrogen (secondary N) is 3. The molecule has 0 saturated heterocycles. The first-order valence-corrected chi connectivity index (χ1v) is 5.63. The van der Waals surface area contributed by atoms with Gasteiger partial charge in [-0.2, -0.15) is 0 Å². The summed E-state index contributed by atoms with van der Waals surface area (Å²) in [5.41, 5.74) is 1.87. The largest absolute Gasteiger partial charge is 0.326 e. The van der Waals surface area contributed by atoms with Crippen LogP contribution in [-0.4, -0.2) is 15.9 Å². The van der Waals surface area contributed by atoms with Crippen molar-refractivity contribution in [1.29, 1.82) is 0 Å². The Bertz CT molecular complexity index is 597. The van der Waals surface area contributed by atoms with Crippen LogP contribution in [0.25, 0.3) is 11.0 Å². The molecule has 1 aromatic carbocycles. The highest BCUT2D eigenvalue weighted by molar-refractivity contribution is 5.94. The molecule has 1 amide bonds. The Labute approximate surface area is 98.2 Å². The summed E-state index contributed by atoms with van der Waals surface area (Å²) < 4.78 is 0. The van der Waals surface area contributed by atoms with E-state index in [0.29, 0.717) is 11.2 Å². The summed E-state index contributed by atoms with van der Waals surface area (Å²) in [6, 6.07) is 5.28. The number of fused-ring (bicyclic) bond motifs is 1. The van der Waals surface area contributed by atoms with Crippen LogP contribution in [-0.2, 0) is 4.79 Å². The van der Waals surface area contributed by atoms with Crippen LogP contribution in [0.2, 0.25) is 0 Å². The molecule has 0 saturated carbocycles. The van der Waals surface area contributed by atoms with Crippen molar-refractivity contribution in [2.45, 2.75) is 20.3 Å². The molecular formula is C12H15N3O2. The van der Waals surface area contributed by atoms with Gasteiger partial charge in [-0.15, -0.1) is 0 Å². The maximum absolute atomic E-state index is 11.7.